The number of carbonyl (C=O) groups is 2. The van der Waals surface area contributed by atoms with E-state index in [-0.39, 0.29) is 29.0 Å². The molecule has 0 aliphatic carbocycles. The van der Waals surface area contributed by atoms with Gasteiger partial charge in [-0.25, -0.2) is 4.39 Å². The lowest BCUT2D eigenvalue weighted by Gasteiger charge is -2.30. The number of hydrogen-bond acceptors (Lipinski definition) is 3. The highest BCUT2D eigenvalue weighted by atomic mass is 32.2. The standard InChI is InChI=1S/C22H25FN2O2S/c1-3-8-20(26)25-19(14-28-22(25)17-11-7-12-18(23)13-17)21(27)24-15(2)16-9-5-4-6-10-16/h4-7,9-13,15,19,22H,3,8,14H2,1-2H3,(H,24,27)/t15-,19+,22+/m0/s1. The summed E-state index contributed by atoms with van der Waals surface area (Å²) in [5, 5.41) is 2.68. The van der Waals surface area contributed by atoms with Crippen molar-refractivity contribution in [2.24, 2.45) is 0 Å². The minimum atomic E-state index is -0.566. The van der Waals surface area contributed by atoms with Gasteiger partial charge >= 0.3 is 0 Å². The SMILES string of the molecule is CCCC(=O)N1[C@@H](C(=O)N[C@@H](C)c2ccccc2)CS[C@@H]1c1cccc(F)c1. The number of rotatable bonds is 6. The van der Waals surface area contributed by atoms with Crippen LogP contribution in [0.3, 0.4) is 0 Å². The Kier molecular flexibility index (Phi) is 6.73. The Morgan fingerprint density at radius 2 is 1.96 bits per heavy atom. The molecule has 0 unspecified atom stereocenters. The Morgan fingerprint density at radius 3 is 2.64 bits per heavy atom. The van der Waals surface area contributed by atoms with Gasteiger partial charge in [0.25, 0.3) is 0 Å². The van der Waals surface area contributed by atoms with Crippen LogP contribution < -0.4 is 5.32 Å². The zero-order valence-electron chi connectivity index (χ0n) is 16.1. The molecule has 0 saturated carbocycles. The first-order valence-electron chi connectivity index (χ1n) is 9.54. The van der Waals surface area contributed by atoms with Gasteiger partial charge in [-0.05, 0) is 36.6 Å². The molecule has 2 aromatic rings. The van der Waals surface area contributed by atoms with E-state index >= 15 is 0 Å². The maximum atomic E-state index is 13.7. The van der Waals surface area contributed by atoms with Crippen LogP contribution in [0.15, 0.2) is 54.6 Å². The van der Waals surface area contributed by atoms with Crippen LogP contribution in [0, 0.1) is 5.82 Å². The van der Waals surface area contributed by atoms with Crippen LogP contribution >= 0.6 is 11.8 Å². The molecule has 0 radical (unpaired) electrons. The van der Waals surface area contributed by atoms with Gasteiger partial charge in [0.05, 0.1) is 6.04 Å². The maximum absolute atomic E-state index is 13.7. The van der Waals surface area contributed by atoms with Crippen LogP contribution in [0.1, 0.15) is 49.2 Å². The number of thioether (sulfide) groups is 1. The fraction of sp³-hybridized carbons (Fsp3) is 0.364. The monoisotopic (exact) mass is 400 g/mol. The average molecular weight is 401 g/mol. The van der Waals surface area contributed by atoms with E-state index in [1.807, 2.05) is 44.2 Å². The molecule has 1 fully saturated rings. The summed E-state index contributed by atoms with van der Waals surface area (Å²) in [4.78, 5) is 27.5. The fourth-order valence-corrected chi connectivity index (χ4v) is 4.85. The lowest BCUT2D eigenvalue weighted by molar-refractivity contribution is -0.140. The predicted molar refractivity (Wildman–Crippen MR) is 110 cm³/mol. The second kappa shape index (κ2) is 9.24. The van der Waals surface area contributed by atoms with Crippen molar-refractivity contribution >= 4 is 23.6 Å². The van der Waals surface area contributed by atoms with Gasteiger partial charge in [-0.2, -0.15) is 0 Å². The Hall–Kier alpha value is -2.34. The first kappa shape index (κ1) is 20.4. The van der Waals surface area contributed by atoms with Crippen LogP contribution in [0.2, 0.25) is 0 Å². The third kappa shape index (κ3) is 4.55. The first-order valence-corrected chi connectivity index (χ1v) is 10.6. The van der Waals surface area contributed by atoms with Gasteiger partial charge in [0.1, 0.15) is 17.2 Å². The fourth-order valence-electron chi connectivity index (χ4n) is 3.41. The lowest BCUT2D eigenvalue weighted by atomic mass is 10.1. The summed E-state index contributed by atoms with van der Waals surface area (Å²) in [6, 6.07) is 15.3. The molecular formula is C22H25FN2O2S. The molecule has 1 aliphatic rings. The second-order valence-corrected chi connectivity index (χ2v) is 8.06. The van der Waals surface area contributed by atoms with Crippen molar-refractivity contribution in [1.82, 2.24) is 10.2 Å². The van der Waals surface area contributed by atoms with E-state index in [9.17, 15) is 14.0 Å². The zero-order valence-corrected chi connectivity index (χ0v) is 16.9. The molecule has 0 spiro atoms. The number of nitrogens with zero attached hydrogens (tertiary/aromatic N) is 1. The van der Waals surface area contributed by atoms with E-state index in [1.165, 1.54) is 23.9 Å². The number of benzene rings is 2. The summed E-state index contributed by atoms with van der Waals surface area (Å²) in [5.74, 6) is -0.0997. The normalized spacial score (nSPS) is 20.0. The molecular weight excluding hydrogens is 375 g/mol. The van der Waals surface area contributed by atoms with Crippen LogP contribution in [0.25, 0.3) is 0 Å². The Bertz CT molecular complexity index is 830. The van der Waals surface area contributed by atoms with Gasteiger partial charge in [-0.15, -0.1) is 11.8 Å². The highest BCUT2D eigenvalue weighted by molar-refractivity contribution is 7.99. The van der Waals surface area contributed by atoms with Gasteiger partial charge in [-0.3, -0.25) is 9.59 Å². The molecule has 0 aromatic heterocycles. The molecule has 3 rings (SSSR count). The quantitative estimate of drug-likeness (QED) is 0.780. The Labute approximate surface area is 169 Å². The van der Waals surface area contributed by atoms with E-state index in [0.717, 1.165) is 5.56 Å². The van der Waals surface area contributed by atoms with E-state index in [2.05, 4.69) is 5.32 Å². The third-order valence-corrected chi connectivity index (χ3v) is 6.17. The summed E-state index contributed by atoms with van der Waals surface area (Å²) >= 11 is 1.50. The minimum absolute atomic E-state index is 0.0747. The number of nitrogens with one attached hydrogen (secondary N) is 1. The predicted octanol–water partition coefficient (Wildman–Crippen LogP) is 4.45. The van der Waals surface area contributed by atoms with Crippen LogP contribution in [0.5, 0.6) is 0 Å². The van der Waals surface area contributed by atoms with Crippen molar-refractivity contribution in [1.29, 1.82) is 0 Å². The summed E-state index contributed by atoms with van der Waals surface area (Å²) in [6.45, 7) is 3.86. The molecule has 4 nitrogen and oxygen atoms in total. The average Bonchev–Trinajstić information content (AvgIpc) is 3.14. The third-order valence-electron chi connectivity index (χ3n) is 4.85. The highest BCUT2D eigenvalue weighted by Gasteiger charge is 2.42. The van der Waals surface area contributed by atoms with Crippen molar-refractivity contribution in [2.75, 3.05) is 5.75 Å². The van der Waals surface area contributed by atoms with Crippen molar-refractivity contribution in [3.63, 3.8) is 0 Å². The molecule has 1 N–H and O–H groups in total. The van der Waals surface area contributed by atoms with Crippen LogP contribution in [-0.2, 0) is 9.59 Å². The minimum Gasteiger partial charge on any atom is -0.348 e. The smallest absolute Gasteiger partial charge is 0.244 e. The van der Waals surface area contributed by atoms with E-state index in [1.54, 1.807) is 17.0 Å². The molecule has 1 aliphatic heterocycles. The van der Waals surface area contributed by atoms with Crippen LogP contribution in [-0.4, -0.2) is 28.5 Å². The molecule has 6 heteroatoms. The van der Waals surface area contributed by atoms with E-state index < -0.39 is 6.04 Å². The molecule has 1 saturated heterocycles. The second-order valence-electron chi connectivity index (χ2n) is 6.95. The topological polar surface area (TPSA) is 49.4 Å². The van der Waals surface area contributed by atoms with Crippen molar-refractivity contribution in [3.8, 4) is 0 Å². The molecule has 0 bridgehead atoms. The molecule has 28 heavy (non-hydrogen) atoms. The largest absolute Gasteiger partial charge is 0.348 e. The van der Waals surface area contributed by atoms with Crippen LogP contribution in [0.4, 0.5) is 4.39 Å². The van der Waals surface area contributed by atoms with Gasteiger partial charge in [0, 0.05) is 12.2 Å². The van der Waals surface area contributed by atoms with Gasteiger partial charge in [0.2, 0.25) is 11.8 Å². The zero-order chi connectivity index (χ0) is 20.1. The number of hydrogen-bond donors (Lipinski definition) is 1. The summed E-state index contributed by atoms with van der Waals surface area (Å²) in [6.07, 6.45) is 1.06. The number of amides is 2. The molecule has 2 amide bonds. The van der Waals surface area contributed by atoms with Crippen molar-refractivity contribution in [2.45, 2.75) is 44.1 Å². The number of halogens is 1. The molecule has 3 atom stereocenters. The van der Waals surface area contributed by atoms with Gasteiger partial charge in [0.15, 0.2) is 0 Å². The van der Waals surface area contributed by atoms with Gasteiger partial charge < -0.3 is 10.2 Å². The first-order chi connectivity index (χ1) is 13.5. The highest BCUT2D eigenvalue weighted by Crippen LogP contribution is 2.42. The summed E-state index contributed by atoms with van der Waals surface area (Å²) < 4.78 is 13.7. The van der Waals surface area contributed by atoms with Gasteiger partial charge in [-0.1, -0.05) is 49.4 Å². The molecule has 1 heterocycles. The van der Waals surface area contributed by atoms with E-state index in [0.29, 0.717) is 24.2 Å². The Morgan fingerprint density at radius 1 is 1.21 bits per heavy atom. The number of carbonyl (C=O) groups excluding carboxylic acids is 2. The van der Waals surface area contributed by atoms with Crippen molar-refractivity contribution < 1.29 is 14.0 Å². The maximum Gasteiger partial charge on any atom is 0.244 e. The Balaban J connectivity index is 1.80. The molecule has 148 valence electrons. The molecule has 2 aromatic carbocycles. The van der Waals surface area contributed by atoms with E-state index in [4.69, 9.17) is 0 Å². The lowest BCUT2D eigenvalue weighted by Crippen LogP contribution is -2.48. The van der Waals surface area contributed by atoms with Crippen molar-refractivity contribution in [3.05, 3.63) is 71.5 Å². The summed E-state index contributed by atoms with van der Waals surface area (Å²) in [5.41, 5.74) is 1.72. The summed E-state index contributed by atoms with van der Waals surface area (Å²) in [7, 11) is 0.